The highest BCUT2D eigenvalue weighted by Crippen LogP contribution is 2.23. The summed E-state index contributed by atoms with van der Waals surface area (Å²) < 4.78 is 0. The van der Waals surface area contributed by atoms with Gasteiger partial charge in [-0.15, -0.1) is 0 Å². The number of aryl methyl sites for hydroxylation is 1. The van der Waals surface area contributed by atoms with E-state index in [1.807, 2.05) is 38.2 Å². The molecule has 126 valence electrons. The number of benzene rings is 1. The van der Waals surface area contributed by atoms with Crippen molar-refractivity contribution in [1.82, 2.24) is 10.2 Å². The molecule has 1 amide bonds. The van der Waals surface area contributed by atoms with Crippen LogP contribution in [0.2, 0.25) is 0 Å². The minimum Gasteiger partial charge on any atom is -0.360 e. The van der Waals surface area contributed by atoms with E-state index < -0.39 is 0 Å². The lowest BCUT2D eigenvalue weighted by atomic mass is 9.86. The third-order valence-electron chi connectivity index (χ3n) is 4.48. The fraction of sp³-hybridized carbons (Fsp3) is 0.556. The number of thiocarbonyl (C=S) groups is 1. The molecule has 4 nitrogen and oxygen atoms in total. The lowest BCUT2D eigenvalue weighted by Gasteiger charge is -2.32. The van der Waals surface area contributed by atoms with Crippen LogP contribution in [0.1, 0.15) is 38.2 Å². The van der Waals surface area contributed by atoms with E-state index >= 15 is 0 Å². The summed E-state index contributed by atoms with van der Waals surface area (Å²) >= 11 is 5.45. The van der Waals surface area contributed by atoms with Gasteiger partial charge in [0.25, 0.3) is 0 Å². The molecule has 0 spiro atoms. The summed E-state index contributed by atoms with van der Waals surface area (Å²) in [4.78, 5) is 13.9. The summed E-state index contributed by atoms with van der Waals surface area (Å²) in [5, 5.41) is 6.98. The van der Waals surface area contributed by atoms with Gasteiger partial charge in [0.1, 0.15) is 0 Å². The van der Waals surface area contributed by atoms with Crippen molar-refractivity contribution in [2.24, 2.45) is 5.92 Å². The van der Waals surface area contributed by atoms with Crippen molar-refractivity contribution in [3.05, 3.63) is 29.8 Å². The lowest BCUT2D eigenvalue weighted by Crippen LogP contribution is -2.48. The third-order valence-corrected chi connectivity index (χ3v) is 4.91. The van der Waals surface area contributed by atoms with E-state index in [9.17, 15) is 4.79 Å². The SMILES string of the molecule is Cc1ccc(NC(=O)CN(C)C(=S)N[C@@H]2CCCC[C@H]2C)cc1. The molecule has 0 unspecified atom stereocenters. The van der Waals surface area contributed by atoms with Gasteiger partial charge in [0, 0.05) is 18.8 Å². The Morgan fingerprint density at radius 1 is 1.26 bits per heavy atom. The van der Waals surface area contributed by atoms with Gasteiger partial charge in [0.15, 0.2) is 5.11 Å². The Hall–Kier alpha value is -1.62. The average molecular weight is 334 g/mol. The number of nitrogens with one attached hydrogen (secondary N) is 2. The van der Waals surface area contributed by atoms with Crippen LogP contribution in [0, 0.1) is 12.8 Å². The molecule has 1 aromatic rings. The van der Waals surface area contributed by atoms with Crippen LogP contribution in [-0.2, 0) is 4.79 Å². The van der Waals surface area contributed by atoms with Crippen LogP contribution in [0.4, 0.5) is 5.69 Å². The van der Waals surface area contributed by atoms with Gasteiger partial charge in [0.05, 0.1) is 6.54 Å². The summed E-state index contributed by atoms with van der Waals surface area (Å²) in [5.41, 5.74) is 1.99. The van der Waals surface area contributed by atoms with Crippen LogP contribution in [0.3, 0.4) is 0 Å². The Morgan fingerprint density at radius 2 is 1.91 bits per heavy atom. The van der Waals surface area contributed by atoms with E-state index in [2.05, 4.69) is 17.6 Å². The molecule has 23 heavy (non-hydrogen) atoms. The molecule has 0 aliphatic heterocycles. The van der Waals surface area contributed by atoms with Gasteiger partial charge in [-0.2, -0.15) is 0 Å². The quantitative estimate of drug-likeness (QED) is 0.830. The zero-order valence-corrected chi connectivity index (χ0v) is 15.1. The van der Waals surface area contributed by atoms with Crippen molar-refractivity contribution in [2.75, 3.05) is 18.9 Å². The zero-order valence-electron chi connectivity index (χ0n) is 14.3. The average Bonchev–Trinajstić information content (AvgIpc) is 2.51. The second-order valence-corrected chi connectivity index (χ2v) is 6.97. The van der Waals surface area contributed by atoms with Crippen molar-refractivity contribution >= 4 is 28.9 Å². The number of likely N-dealkylation sites (N-methyl/N-ethyl adjacent to an activating group) is 1. The Morgan fingerprint density at radius 3 is 2.57 bits per heavy atom. The minimum absolute atomic E-state index is 0.0582. The van der Waals surface area contributed by atoms with Crippen LogP contribution in [0.15, 0.2) is 24.3 Å². The first-order valence-corrected chi connectivity index (χ1v) is 8.74. The maximum absolute atomic E-state index is 12.1. The maximum Gasteiger partial charge on any atom is 0.243 e. The molecule has 0 saturated heterocycles. The first-order chi connectivity index (χ1) is 11.0. The Kier molecular flexibility index (Phi) is 6.39. The first kappa shape index (κ1) is 17.7. The second-order valence-electron chi connectivity index (χ2n) is 6.59. The number of rotatable bonds is 4. The highest BCUT2D eigenvalue weighted by molar-refractivity contribution is 7.80. The predicted octanol–water partition coefficient (Wildman–Crippen LogP) is 3.32. The molecule has 0 bridgehead atoms. The van der Waals surface area contributed by atoms with Crippen molar-refractivity contribution in [3.8, 4) is 0 Å². The molecule has 2 N–H and O–H groups in total. The standard InChI is InChI=1S/C18H27N3OS/c1-13-8-10-15(11-9-13)19-17(22)12-21(3)18(23)20-16-7-5-4-6-14(16)2/h8-11,14,16H,4-7,12H2,1-3H3,(H,19,22)(H,20,23)/t14-,16-/m1/s1. The third kappa shape index (κ3) is 5.50. The smallest absolute Gasteiger partial charge is 0.243 e. The van der Waals surface area contributed by atoms with Crippen molar-refractivity contribution in [2.45, 2.75) is 45.6 Å². The van der Waals surface area contributed by atoms with Gasteiger partial charge in [0.2, 0.25) is 5.91 Å². The Bertz CT molecular complexity index is 544. The van der Waals surface area contributed by atoms with Crippen molar-refractivity contribution in [1.29, 1.82) is 0 Å². The van der Waals surface area contributed by atoms with E-state index in [0.29, 0.717) is 17.1 Å². The lowest BCUT2D eigenvalue weighted by molar-refractivity contribution is -0.116. The summed E-state index contributed by atoms with van der Waals surface area (Å²) in [6.07, 6.45) is 4.96. The summed E-state index contributed by atoms with van der Waals surface area (Å²) in [6.45, 7) is 4.54. The zero-order chi connectivity index (χ0) is 16.8. The summed E-state index contributed by atoms with van der Waals surface area (Å²) in [5.74, 6) is 0.577. The highest BCUT2D eigenvalue weighted by Gasteiger charge is 2.23. The molecule has 0 heterocycles. The summed E-state index contributed by atoms with van der Waals surface area (Å²) in [6, 6.07) is 8.21. The minimum atomic E-state index is -0.0582. The van der Waals surface area contributed by atoms with E-state index in [4.69, 9.17) is 12.2 Å². The molecule has 1 aliphatic rings. The topological polar surface area (TPSA) is 44.4 Å². The molecule has 0 aromatic heterocycles. The number of hydrogen-bond donors (Lipinski definition) is 2. The molecular formula is C18H27N3OS. The fourth-order valence-electron chi connectivity index (χ4n) is 2.92. The predicted molar refractivity (Wildman–Crippen MR) is 99.6 cm³/mol. The van der Waals surface area contributed by atoms with Gasteiger partial charge < -0.3 is 15.5 Å². The van der Waals surface area contributed by atoms with E-state index in [1.54, 1.807) is 4.90 Å². The summed E-state index contributed by atoms with van der Waals surface area (Å²) in [7, 11) is 1.86. The Labute approximate surface area is 144 Å². The van der Waals surface area contributed by atoms with E-state index in [1.165, 1.54) is 24.8 Å². The molecule has 2 atom stereocenters. The fourth-order valence-corrected chi connectivity index (χ4v) is 3.14. The highest BCUT2D eigenvalue weighted by atomic mass is 32.1. The molecule has 1 fully saturated rings. The normalized spacial score (nSPS) is 20.7. The van der Waals surface area contributed by atoms with Crippen molar-refractivity contribution in [3.63, 3.8) is 0 Å². The van der Waals surface area contributed by atoms with Crippen LogP contribution in [-0.4, -0.2) is 35.6 Å². The van der Waals surface area contributed by atoms with Crippen LogP contribution in [0.25, 0.3) is 0 Å². The van der Waals surface area contributed by atoms with E-state index in [0.717, 1.165) is 12.1 Å². The maximum atomic E-state index is 12.1. The van der Waals surface area contributed by atoms with Gasteiger partial charge in [-0.25, -0.2) is 0 Å². The molecule has 5 heteroatoms. The monoisotopic (exact) mass is 333 g/mol. The van der Waals surface area contributed by atoms with Gasteiger partial charge in [-0.1, -0.05) is 37.5 Å². The number of carbonyl (C=O) groups is 1. The van der Waals surface area contributed by atoms with Crippen LogP contribution < -0.4 is 10.6 Å². The molecule has 0 radical (unpaired) electrons. The number of hydrogen-bond acceptors (Lipinski definition) is 2. The van der Waals surface area contributed by atoms with E-state index in [-0.39, 0.29) is 12.5 Å². The number of anilines is 1. The van der Waals surface area contributed by atoms with Crippen LogP contribution in [0.5, 0.6) is 0 Å². The number of amides is 1. The molecule has 2 rings (SSSR count). The largest absolute Gasteiger partial charge is 0.360 e. The Balaban J connectivity index is 1.80. The van der Waals surface area contributed by atoms with Gasteiger partial charge >= 0.3 is 0 Å². The molecule has 1 aromatic carbocycles. The number of nitrogens with zero attached hydrogens (tertiary/aromatic N) is 1. The molecule has 1 saturated carbocycles. The molecule has 1 aliphatic carbocycles. The second kappa shape index (κ2) is 8.29. The molecular weight excluding hydrogens is 306 g/mol. The number of carbonyl (C=O) groups excluding carboxylic acids is 1. The van der Waals surface area contributed by atoms with Crippen molar-refractivity contribution < 1.29 is 4.79 Å². The van der Waals surface area contributed by atoms with Gasteiger partial charge in [-0.3, -0.25) is 4.79 Å². The first-order valence-electron chi connectivity index (χ1n) is 8.34. The van der Waals surface area contributed by atoms with Gasteiger partial charge in [-0.05, 0) is 50.0 Å². The van der Waals surface area contributed by atoms with Crippen LogP contribution >= 0.6 is 12.2 Å².